The molecule has 7 nitrogen and oxygen atoms in total. The zero-order valence-electron chi connectivity index (χ0n) is 12.0. The molecule has 1 fully saturated rings. The van der Waals surface area contributed by atoms with Gasteiger partial charge in [0.05, 0.1) is 5.92 Å². The Morgan fingerprint density at radius 2 is 2.18 bits per heavy atom. The van der Waals surface area contributed by atoms with Crippen LogP contribution in [-0.2, 0) is 16.0 Å². The van der Waals surface area contributed by atoms with Gasteiger partial charge in [-0.15, -0.1) is 0 Å². The van der Waals surface area contributed by atoms with Crippen LogP contribution in [0.5, 0.6) is 0 Å². The summed E-state index contributed by atoms with van der Waals surface area (Å²) in [5.41, 5.74) is 1.19. The molecule has 0 saturated carbocycles. The van der Waals surface area contributed by atoms with Crippen molar-refractivity contribution in [1.82, 2.24) is 20.1 Å². The molecular formula is C15H17N5O2. The first-order valence-electron chi connectivity index (χ1n) is 7.20. The van der Waals surface area contributed by atoms with Crippen molar-refractivity contribution in [1.29, 1.82) is 0 Å². The number of hydrogen-bond acceptors (Lipinski definition) is 4. The number of carbonyl (C=O) groups is 2. The second-order valence-electron chi connectivity index (χ2n) is 5.30. The molecule has 0 radical (unpaired) electrons. The molecule has 1 aliphatic rings. The number of anilines is 1. The molecule has 1 aromatic carbocycles. The van der Waals surface area contributed by atoms with Crippen molar-refractivity contribution in [3.8, 4) is 0 Å². The smallest absolute Gasteiger partial charge is 0.232 e. The SMILES string of the molecule is O=C(Nc1ncn[nH]1)C1CC(=O)N(CCc2ccccc2)C1. The number of nitrogens with one attached hydrogen (secondary N) is 2. The molecule has 1 aromatic heterocycles. The fourth-order valence-electron chi connectivity index (χ4n) is 2.56. The molecule has 0 bridgehead atoms. The van der Waals surface area contributed by atoms with Gasteiger partial charge in [0.25, 0.3) is 0 Å². The average Bonchev–Trinajstić information content (AvgIpc) is 3.16. The predicted molar refractivity (Wildman–Crippen MR) is 79.8 cm³/mol. The summed E-state index contributed by atoms with van der Waals surface area (Å²) in [5.74, 6) is -0.213. The van der Waals surface area contributed by atoms with Gasteiger partial charge < -0.3 is 4.90 Å². The van der Waals surface area contributed by atoms with E-state index in [-0.39, 0.29) is 24.2 Å². The van der Waals surface area contributed by atoms with Crippen molar-refractivity contribution in [2.75, 3.05) is 18.4 Å². The summed E-state index contributed by atoms with van der Waals surface area (Å²) in [7, 11) is 0. The van der Waals surface area contributed by atoms with Crippen LogP contribution in [0, 0.1) is 5.92 Å². The molecule has 114 valence electrons. The van der Waals surface area contributed by atoms with Gasteiger partial charge in [0.15, 0.2) is 0 Å². The largest absolute Gasteiger partial charge is 0.342 e. The van der Waals surface area contributed by atoms with Crippen molar-refractivity contribution in [3.05, 3.63) is 42.2 Å². The van der Waals surface area contributed by atoms with E-state index in [1.807, 2.05) is 30.3 Å². The lowest BCUT2D eigenvalue weighted by atomic mass is 10.1. The molecule has 1 saturated heterocycles. The number of likely N-dealkylation sites (tertiary alicyclic amines) is 1. The lowest BCUT2D eigenvalue weighted by Gasteiger charge is -2.16. The standard InChI is InChI=1S/C15H17N5O2/c21-13-8-12(14(22)18-15-16-10-17-19-15)9-20(13)7-6-11-4-2-1-3-5-11/h1-5,10,12H,6-9H2,(H2,16,17,18,19,22). The molecule has 3 rings (SSSR count). The maximum atomic E-state index is 12.1. The van der Waals surface area contributed by atoms with Crippen LogP contribution in [0.15, 0.2) is 36.7 Å². The van der Waals surface area contributed by atoms with Crippen LogP contribution in [0.25, 0.3) is 0 Å². The van der Waals surface area contributed by atoms with Gasteiger partial charge in [0, 0.05) is 19.5 Å². The summed E-state index contributed by atoms with van der Waals surface area (Å²) in [6.45, 7) is 1.08. The monoisotopic (exact) mass is 299 g/mol. The summed E-state index contributed by atoms with van der Waals surface area (Å²) in [5, 5.41) is 8.87. The molecule has 1 unspecified atom stereocenters. The average molecular weight is 299 g/mol. The van der Waals surface area contributed by atoms with E-state index in [0.717, 1.165) is 6.42 Å². The quantitative estimate of drug-likeness (QED) is 0.855. The molecule has 2 aromatic rings. The number of amides is 2. The Balaban J connectivity index is 1.53. The van der Waals surface area contributed by atoms with Crippen molar-refractivity contribution in [2.45, 2.75) is 12.8 Å². The van der Waals surface area contributed by atoms with Crippen LogP contribution in [0.4, 0.5) is 5.95 Å². The van der Waals surface area contributed by atoms with Crippen LogP contribution in [0.3, 0.4) is 0 Å². The van der Waals surface area contributed by atoms with E-state index >= 15 is 0 Å². The first-order chi connectivity index (χ1) is 10.7. The zero-order chi connectivity index (χ0) is 15.4. The molecule has 0 spiro atoms. The van der Waals surface area contributed by atoms with Crippen molar-refractivity contribution in [3.63, 3.8) is 0 Å². The Kier molecular flexibility index (Phi) is 4.13. The lowest BCUT2D eigenvalue weighted by Crippen LogP contribution is -2.30. The van der Waals surface area contributed by atoms with Gasteiger partial charge in [0.2, 0.25) is 17.8 Å². The second kappa shape index (κ2) is 6.38. The highest BCUT2D eigenvalue weighted by molar-refractivity contribution is 5.96. The minimum absolute atomic E-state index is 0.0219. The molecule has 7 heteroatoms. The van der Waals surface area contributed by atoms with E-state index in [4.69, 9.17) is 0 Å². The van der Waals surface area contributed by atoms with Crippen LogP contribution >= 0.6 is 0 Å². The van der Waals surface area contributed by atoms with Gasteiger partial charge in [-0.2, -0.15) is 10.1 Å². The third-order valence-electron chi connectivity index (χ3n) is 3.76. The minimum Gasteiger partial charge on any atom is -0.342 e. The summed E-state index contributed by atoms with van der Waals surface area (Å²) < 4.78 is 0. The minimum atomic E-state index is -0.339. The topological polar surface area (TPSA) is 91.0 Å². The van der Waals surface area contributed by atoms with Gasteiger partial charge in [0.1, 0.15) is 6.33 Å². The van der Waals surface area contributed by atoms with E-state index in [9.17, 15) is 9.59 Å². The van der Waals surface area contributed by atoms with Crippen LogP contribution in [0.1, 0.15) is 12.0 Å². The predicted octanol–water partition coefficient (Wildman–Crippen LogP) is 0.834. The number of carbonyl (C=O) groups excluding carboxylic acids is 2. The first-order valence-corrected chi connectivity index (χ1v) is 7.20. The molecule has 1 atom stereocenters. The second-order valence-corrected chi connectivity index (χ2v) is 5.30. The van der Waals surface area contributed by atoms with Crippen molar-refractivity contribution in [2.24, 2.45) is 5.92 Å². The van der Waals surface area contributed by atoms with E-state index in [0.29, 0.717) is 19.0 Å². The first kappa shape index (κ1) is 14.2. The van der Waals surface area contributed by atoms with E-state index in [1.165, 1.54) is 11.9 Å². The Morgan fingerprint density at radius 1 is 1.36 bits per heavy atom. The summed E-state index contributed by atoms with van der Waals surface area (Å²) in [4.78, 5) is 29.7. The summed E-state index contributed by atoms with van der Waals surface area (Å²) >= 11 is 0. The van der Waals surface area contributed by atoms with E-state index in [2.05, 4.69) is 20.5 Å². The van der Waals surface area contributed by atoms with E-state index < -0.39 is 0 Å². The number of H-pyrrole nitrogens is 1. The number of rotatable bonds is 5. The van der Waals surface area contributed by atoms with Gasteiger partial charge in [-0.1, -0.05) is 30.3 Å². The number of hydrogen-bond donors (Lipinski definition) is 2. The number of benzene rings is 1. The van der Waals surface area contributed by atoms with Gasteiger partial charge in [-0.05, 0) is 12.0 Å². The highest BCUT2D eigenvalue weighted by Gasteiger charge is 2.34. The number of aromatic amines is 1. The summed E-state index contributed by atoms with van der Waals surface area (Å²) in [6, 6.07) is 10.0. The highest BCUT2D eigenvalue weighted by atomic mass is 16.2. The Morgan fingerprint density at radius 3 is 2.91 bits per heavy atom. The summed E-state index contributed by atoms with van der Waals surface area (Å²) in [6.07, 6.45) is 2.36. The highest BCUT2D eigenvalue weighted by Crippen LogP contribution is 2.19. The lowest BCUT2D eigenvalue weighted by molar-refractivity contribution is -0.128. The molecule has 22 heavy (non-hydrogen) atoms. The van der Waals surface area contributed by atoms with Crippen molar-refractivity contribution >= 4 is 17.8 Å². The fraction of sp³-hybridized carbons (Fsp3) is 0.333. The Bertz CT molecular complexity index is 641. The normalized spacial score (nSPS) is 17.7. The maximum absolute atomic E-state index is 12.1. The zero-order valence-corrected chi connectivity index (χ0v) is 12.0. The molecule has 0 aliphatic carbocycles. The van der Waals surface area contributed by atoms with Gasteiger partial charge in [-0.3, -0.25) is 14.9 Å². The Labute approximate surface area is 127 Å². The third kappa shape index (κ3) is 3.30. The third-order valence-corrected chi connectivity index (χ3v) is 3.76. The fourth-order valence-corrected chi connectivity index (χ4v) is 2.56. The van der Waals surface area contributed by atoms with Crippen LogP contribution in [0.2, 0.25) is 0 Å². The molecular weight excluding hydrogens is 282 g/mol. The van der Waals surface area contributed by atoms with Crippen LogP contribution < -0.4 is 5.32 Å². The van der Waals surface area contributed by atoms with Gasteiger partial charge in [-0.25, -0.2) is 5.10 Å². The molecule has 2 N–H and O–H groups in total. The molecule has 2 amide bonds. The van der Waals surface area contributed by atoms with Crippen LogP contribution in [-0.4, -0.2) is 45.0 Å². The Hall–Kier alpha value is -2.70. The molecule has 2 heterocycles. The molecule has 1 aliphatic heterocycles. The number of aromatic nitrogens is 3. The van der Waals surface area contributed by atoms with E-state index in [1.54, 1.807) is 4.90 Å². The van der Waals surface area contributed by atoms with Crippen molar-refractivity contribution < 1.29 is 9.59 Å². The number of nitrogens with zero attached hydrogens (tertiary/aromatic N) is 3. The maximum Gasteiger partial charge on any atom is 0.232 e. The van der Waals surface area contributed by atoms with Gasteiger partial charge >= 0.3 is 0 Å².